The minimum absolute atomic E-state index is 0.0967. The van der Waals surface area contributed by atoms with Crippen LogP contribution in [0.15, 0.2) is 76.2 Å². The van der Waals surface area contributed by atoms with E-state index in [1.165, 1.54) is 6.07 Å². The molecular weight excluding hydrogens is 390 g/mol. The second-order valence-electron chi connectivity index (χ2n) is 6.65. The first-order valence-corrected chi connectivity index (χ1v) is 9.44. The second-order valence-corrected chi connectivity index (χ2v) is 7.05. The van der Waals surface area contributed by atoms with Gasteiger partial charge in [0.05, 0.1) is 22.0 Å². The third-order valence-electron chi connectivity index (χ3n) is 4.54. The quantitative estimate of drug-likeness (QED) is 0.484. The summed E-state index contributed by atoms with van der Waals surface area (Å²) >= 11 is 6.22. The lowest BCUT2D eigenvalue weighted by molar-refractivity contribution is 0.238. The van der Waals surface area contributed by atoms with Gasteiger partial charge >= 0.3 is 5.63 Å². The molecule has 4 rings (SSSR count). The fraction of sp³-hybridized carbons (Fsp3) is 0.136. The summed E-state index contributed by atoms with van der Waals surface area (Å²) < 4.78 is 5.40. The first-order chi connectivity index (χ1) is 14.1. The molecule has 6 nitrogen and oxygen atoms in total. The Hall–Kier alpha value is -3.22. The lowest BCUT2D eigenvalue weighted by atomic mass is 10.1. The van der Waals surface area contributed by atoms with Gasteiger partial charge in [-0.3, -0.25) is 14.9 Å². The van der Waals surface area contributed by atoms with Crippen molar-refractivity contribution in [2.75, 3.05) is 0 Å². The van der Waals surface area contributed by atoms with Crippen LogP contribution in [0.25, 0.3) is 11.0 Å². The Kier molecular flexibility index (Phi) is 5.55. The minimum atomic E-state index is -0.485. The Morgan fingerprint density at radius 2 is 1.59 bits per heavy atom. The summed E-state index contributed by atoms with van der Waals surface area (Å²) in [6.45, 7) is 1.33. The zero-order chi connectivity index (χ0) is 20.2. The lowest BCUT2D eigenvalue weighted by Crippen LogP contribution is -2.23. The van der Waals surface area contributed by atoms with Crippen molar-refractivity contribution in [1.29, 1.82) is 0 Å². The number of hydrogen-bond acceptors (Lipinski definition) is 6. The van der Waals surface area contributed by atoms with Crippen LogP contribution in [0, 0.1) is 0 Å². The van der Waals surface area contributed by atoms with Gasteiger partial charge in [0.2, 0.25) is 0 Å². The third kappa shape index (κ3) is 4.45. The van der Waals surface area contributed by atoms with Crippen molar-refractivity contribution in [3.63, 3.8) is 0 Å². The fourth-order valence-corrected chi connectivity index (χ4v) is 3.44. The van der Waals surface area contributed by atoms with Gasteiger partial charge in [0, 0.05) is 43.5 Å². The second kappa shape index (κ2) is 8.43. The maximum Gasteiger partial charge on any atom is 0.336 e. The van der Waals surface area contributed by atoms with E-state index in [1.807, 2.05) is 36.4 Å². The normalized spacial score (nSPS) is 11.2. The molecule has 1 N–H and O–H groups in total. The number of fused-ring (bicyclic) bond motifs is 1. The SMILES string of the molecule is O=c1ccc2cc(Cl)c(O)c(CN(Cc3ccccn3)Cc3ccccn3)c2o1. The van der Waals surface area contributed by atoms with Crippen molar-refractivity contribution >= 4 is 22.6 Å². The maximum absolute atomic E-state index is 11.8. The molecule has 0 fully saturated rings. The first-order valence-electron chi connectivity index (χ1n) is 9.06. The Morgan fingerprint density at radius 1 is 0.931 bits per heavy atom. The molecule has 7 heteroatoms. The van der Waals surface area contributed by atoms with E-state index in [-0.39, 0.29) is 10.8 Å². The van der Waals surface area contributed by atoms with E-state index in [2.05, 4.69) is 14.9 Å². The molecule has 1 aromatic carbocycles. The molecular formula is C22H18ClN3O3. The van der Waals surface area contributed by atoms with Gasteiger partial charge in [-0.2, -0.15) is 0 Å². The molecule has 0 saturated carbocycles. The van der Waals surface area contributed by atoms with E-state index in [0.717, 1.165) is 11.4 Å². The van der Waals surface area contributed by atoms with Gasteiger partial charge in [-0.05, 0) is 36.4 Å². The molecule has 0 radical (unpaired) electrons. The molecule has 146 valence electrons. The molecule has 4 aromatic rings. The maximum atomic E-state index is 11.8. The van der Waals surface area contributed by atoms with Gasteiger partial charge in [-0.1, -0.05) is 23.7 Å². The summed E-state index contributed by atoms with van der Waals surface area (Å²) in [6.07, 6.45) is 3.47. The number of nitrogens with zero attached hydrogens (tertiary/aromatic N) is 3. The van der Waals surface area contributed by atoms with Crippen molar-refractivity contribution in [2.45, 2.75) is 19.6 Å². The summed E-state index contributed by atoms with van der Waals surface area (Å²) in [5.41, 5.74) is 2.04. The van der Waals surface area contributed by atoms with Crippen LogP contribution in [-0.4, -0.2) is 20.0 Å². The molecule has 0 bridgehead atoms. The molecule has 29 heavy (non-hydrogen) atoms. The van der Waals surface area contributed by atoms with Crippen LogP contribution in [0.2, 0.25) is 5.02 Å². The Morgan fingerprint density at radius 3 is 2.17 bits per heavy atom. The summed E-state index contributed by atoms with van der Waals surface area (Å²) in [4.78, 5) is 22.6. The third-order valence-corrected chi connectivity index (χ3v) is 4.83. The zero-order valence-corrected chi connectivity index (χ0v) is 16.2. The summed E-state index contributed by atoms with van der Waals surface area (Å²) in [5, 5.41) is 11.5. The van der Waals surface area contributed by atoms with Gasteiger partial charge in [0.1, 0.15) is 11.3 Å². The molecule has 3 aromatic heterocycles. The van der Waals surface area contributed by atoms with Gasteiger partial charge < -0.3 is 9.52 Å². The zero-order valence-electron chi connectivity index (χ0n) is 15.5. The molecule has 0 unspecified atom stereocenters. The van der Waals surface area contributed by atoms with Crippen molar-refractivity contribution in [3.8, 4) is 5.75 Å². The fourth-order valence-electron chi connectivity index (χ4n) is 3.21. The molecule has 0 aliphatic heterocycles. The Balaban J connectivity index is 1.74. The minimum Gasteiger partial charge on any atom is -0.506 e. The van der Waals surface area contributed by atoms with Crippen molar-refractivity contribution < 1.29 is 9.52 Å². The van der Waals surface area contributed by atoms with Gasteiger partial charge in [-0.25, -0.2) is 4.79 Å². The molecule has 0 aliphatic carbocycles. The van der Waals surface area contributed by atoms with E-state index < -0.39 is 5.63 Å². The number of aromatic nitrogens is 2. The average molecular weight is 408 g/mol. The van der Waals surface area contributed by atoms with E-state index in [1.54, 1.807) is 24.5 Å². The standard InChI is InChI=1S/C22H18ClN3O3/c23-19-11-15-7-8-20(27)29-22(15)18(21(19)28)14-26(12-16-5-1-3-9-24-16)13-17-6-2-4-10-25-17/h1-11,28H,12-14H2. The van der Waals surface area contributed by atoms with Crippen LogP contribution in [-0.2, 0) is 19.6 Å². The number of phenols is 1. The number of pyridine rings is 2. The van der Waals surface area contributed by atoms with E-state index in [0.29, 0.717) is 36.2 Å². The predicted molar refractivity (Wildman–Crippen MR) is 111 cm³/mol. The summed E-state index contributed by atoms with van der Waals surface area (Å²) in [5.74, 6) is -0.0967. The van der Waals surface area contributed by atoms with E-state index in [4.69, 9.17) is 16.0 Å². The van der Waals surface area contributed by atoms with Crippen molar-refractivity contribution in [2.24, 2.45) is 0 Å². The van der Waals surface area contributed by atoms with Crippen LogP contribution >= 0.6 is 11.6 Å². The van der Waals surface area contributed by atoms with Crippen LogP contribution in [0.5, 0.6) is 5.75 Å². The highest BCUT2D eigenvalue weighted by molar-refractivity contribution is 6.33. The van der Waals surface area contributed by atoms with Gasteiger partial charge in [0.15, 0.2) is 0 Å². The highest BCUT2D eigenvalue weighted by Gasteiger charge is 2.19. The molecule has 3 heterocycles. The highest BCUT2D eigenvalue weighted by Crippen LogP contribution is 2.35. The monoisotopic (exact) mass is 407 g/mol. The number of halogens is 1. The summed E-state index contributed by atoms with van der Waals surface area (Å²) in [6, 6.07) is 16.0. The van der Waals surface area contributed by atoms with Crippen molar-refractivity contribution in [1.82, 2.24) is 14.9 Å². The largest absolute Gasteiger partial charge is 0.506 e. The number of aromatic hydroxyl groups is 1. The predicted octanol–water partition coefficient (Wildman–Crippen LogP) is 4.14. The Bertz CT molecular complexity index is 1140. The van der Waals surface area contributed by atoms with Gasteiger partial charge in [0.25, 0.3) is 0 Å². The number of benzene rings is 1. The number of hydrogen-bond donors (Lipinski definition) is 1. The molecule has 0 aliphatic rings. The topological polar surface area (TPSA) is 79.5 Å². The summed E-state index contributed by atoms with van der Waals surface area (Å²) in [7, 11) is 0. The lowest BCUT2D eigenvalue weighted by Gasteiger charge is -2.23. The molecule has 0 atom stereocenters. The van der Waals surface area contributed by atoms with Crippen LogP contribution < -0.4 is 5.63 Å². The molecule has 0 amide bonds. The van der Waals surface area contributed by atoms with Crippen LogP contribution in [0.4, 0.5) is 0 Å². The average Bonchev–Trinajstić information content (AvgIpc) is 2.73. The van der Waals surface area contributed by atoms with Crippen molar-refractivity contribution in [3.05, 3.63) is 99.4 Å². The number of phenolic OH excluding ortho intramolecular Hbond substituents is 1. The molecule has 0 saturated heterocycles. The van der Waals surface area contributed by atoms with Gasteiger partial charge in [-0.15, -0.1) is 0 Å². The highest BCUT2D eigenvalue weighted by atomic mass is 35.5. The van der Waals surface area contributed by atoms with E-state index >= 15 is 0 Å². The smallest absolute Gasteiger partial charge is 0.336 e. The van der Waals surface area contributed by atoms with E-state index in [9.17, 15) is 9.90 Å². The Labute approximate surface area is 172 Å². The van der Waals surface area contributed by atoms with Crippen LogP contribution in [0.3, 0.4) is 0 Å². The van der Waals surface area contributed by atoms with Crippen LogP contribution in [0.1, 0.15) is 17.0 Å². The first kappa shape index (κ1) is 19.1. The molecule has 0 spiro atoms. The number of rotatable bonds is 6.